The molecule has 0 heterocycles. The molecule has 42 valence electrons. The molecule has 0 aliphatic heterocycles. The number of isocyanates is 1. The molecule has 0 aromatic carbocycles. The number of aliphatic hydroxyl groups is 1. The molecule has 0 fully saturated rings. The van der Waals surface area contributed by atoms with Crippen molar-refractivity contribution in [1.82, 2.24) is 0 Å². The van der Waals surface area contributed by atoms with E-state index in [1.165, 1.54) is 0 Å². The van der Waals surface area contributed by atoms with Crippen LogP contribution in [0, 0.1) is 11.5 Å². The first kappa shape index (κ1) is 16.1. The van der Waals surface area contributed by atoms with Crippen molar-refractivity contribution >= 4 is 6.08 Å². The second kappa shape index (κ2) is 52.9. The minimum atomic E-state index is 0. The van der Waals surface area contributed by atoms with Gasteiger partial charge in [-0.1, -0.05) is 0 Å². The Bertz CT molecular complexity index is 80.2. The zero-order chi connectivity index (χ0) is 5.41. The van der Waals surface area contributed by atoms with Crippen LogP contribution in [-0.4, -0.2) is 11.2 Å². The van der Waals surface area contributed by atoms with Crippen LogP contribution < -0.4 is 0 Å². The fourth-order valence-corrected chi connectivity index (χ4v) is 0. The van der Waals surface area contributed by atoms with Crippen LogP contribution in [0.15, 0.2) is 0 Å². The van der Waals surface area contributed by atoms with Gasteiger partial charge in [-0.3, -0.25) is 4.79 Å². The molecule has 0 aromatic rings. The number of hydrogen-bond acceptors (Lipinski definition) is 3. The van der Waals surface area contributed by atoms with Gasteiger partial charge in [0.1, 0.15) is 0 Å². The molecule has 0 bridgehead atoms. The minimum absolute atomic E-state index is 0. The van der Waals surface area contributed by atoms with E-state index >= 15 is 0 Å². The van der Waals surface area contributed by atoms with Crippen molar-refractivity contribution in [3.05, 3.63) is 5.41 Å². The van der Waals surface area contributed by atoms with E-state index in [4.69, 9.17) is 20.6 Å². The Morgan fingerprint density at radius 1 is 1.71 bits per heavy atom. The van der Waals surface area contributed by atoms with E-state index in [0.717, 1.165) is 6.26 Å². The van der Waals surface area contributed by atoms with Crippen LogP contribution in [0.1, 0.15) is 0 Å². The summed E-state index contributed by atoms with van der Waals surface area (Å²) in [5.41, 5.74) is 0. The van der Waals surface area contributed by atoms with E-state index in [1.54, 1.807) is 0 Å². The quantitative estimate of drug-likeness (QED) is 0.287. The molecule has 0 unspecified atom stereocenters. The topological polar surface area (TPSA) is 83.4 Å². The average Bonchev–Trinajstić information content (AvgIpc) is 1.39. The predicted molar refractivity (Wildman–Crippen MR) is 16.6 cm³/mol. The van der Waals surface area contributed by atoms with Crippen molar-refractivity contribution in [2.24, 2.45) is 0 Å². The third kappa shape index (κ3) is 181. The SMILES string of the molecule is N#CO.[Au+].[N-]=C=O. The van der Waals surface area contributed by atoms with Gasteiger partial charge in [-0.25, -0.2) is 0 Å². The van der Waals surface area contributed by atoms with Gasteiger partial charge in [-0.2, -0.15) is 5.26 Å². The van der Waals surface area contributed by atoms with Gasteiger partial charge in [0.25, 0.3) is 6.26 Å². The zero-order valence-electron chi connectivity index (χ0n) is 3.05. The summed E-state index contributed by atoms with van der Waals surface area (Å²) in [7, 11) is 0. The van der Waals surface area contributed by atoms with Gasteiger partial charge in [-0.05, 0) is 6.08 Å². The molecule has 0 spiro atoms. The van der Waals surface area contributed by atoms with Crippen LogP contribution in [-0.2, 0) is 27.2 Å². The van der Waals surface area contributed by atoms with Gasteiger partial charge in [0, 0.05) is 0 Å². The maximum absolute atomic E-state index is 8.24. The fourth-order valence-electron chi connectivity index (χ4n) is 0. The smallest absolute Gasteiger partial charge is 0.724 e. The Kier molecular flexibility index (Phi) is 122. The Morgan fingerprint density at radius 3 is 1.71 bits per heavy atom. The summed E-state index contributed by atoms with van der Waals surface area (Å²) in [6.45, 7) is 0. The van der Waals surface area contributed by atoms with Gasteiger partial charge in [-0.15, -0.1) is 0 Å². The molecule has 1 N–H and O–H groups in total. The molecule has 0 amide bonds. The fraction of sp³-hybridized carbons (Fsp3) is 0. The normalized spacial score (nSPS) is 2.14. The third-order valence-corrected chi connectivity index (χ3v) is 0. The second-order valence-corrected chi connectivity index (χ2v) is 0.191. The summed E-state index contributed by atoms with van der Waals surface area (Å²) in [6, 6.07) is 0. The molecular weight excluding hydrogens is 281 g/mol. The summed E-state index contributed by atoms with van der Waals surface area (Å²) in [6.07, 6.45) is 1.25. The zero-order valence-corrected chi connectivity index (χ0v) is 5.22. The molecule has 0 aromatic heterocycles. The summed E-state index contributed by atoms with van der Waals surface area (Å²) in [5.74, 6) is 0. The molecule has 0 radical (unpaired) electrons. The molecule has 0 aliphatic rings. The van der Waals surface area contributed by atoms with Crippen LogP contribution in [0.3, 0.4) is 0 Å². The van der Waals surface area contributed by atoms with E-state index in [1.807, 2.05) is 0 Å². The molecule has 4 nitrogen and oxygen atoms in total. The van der Waals surface area contributed by atoms with Crippen LogP contribution >= 0.6 is 0 Å². The predicted octanol–water partition coefficient (Wildman–Crippen LogP) is -0.271. The van der Waals surface area contributed by atoms with Crippen LogP contribution in [0.4, 0.5) is 0 Å². The van der Waals surface area contributed by atoms with Gasteiger partial charge in [0.15, 0.2) is 0 Å². The van der Waals surface area contributed by atoms with Crippen molar-refractivity contribution in [2.45, 2.75) is 0 Å². The van der Waals surface area contributed by atoms with Gasteiger partial charge >= 0.3 is 22.4 Å². The van der Waals surface area contributed by atoms with Gasteiger partial charge < -0.3 is 10.5 Å². The first-order valence-electron chi connectivity index (χ1n) is 0.875. The standard InChI is InChI=1S/CHNO.CNO.Au/c2*2-1-3;/h3H;;/q;-1;+1. The number of nitrogens with zero attached hydrogens (tertiary/aromatic N) is 2. The molecular formula is C2HAuN2O2. The van der Waals surface area contributed by atoms with Crippen molar-refractivity contribution in [2.75, 3.05) is 0 Å². The molecule has 0 aliphatic carbocycles. The summed E-state index contributed by atoms with van der Waals surface area (Å²) in [4.78, 5) is 8.24. The Labute approximate surface area is 55.8 Å². The van der Waals surface area contributed by atoms with E-state index in [-0.39, 0.29) is 22.4 Å². The summed E-state index contributed by atoms with van der Waals surface area (Å²) >= 11 is 0. The van der Waals surface area contributed by atoms with Gasteiger partial charge in [0.05, 0.1) is 0 Å². The van der Waals surface area contributed by atoms with Crippen LogP contribution in [0.25, 0.3) is 5.41 Å². The largest absolute Gasteiger partial charge is 1.00 e. The number of aliphatic hydroxyl groups excluding tert-OH is 1. The molecule has 0 saturated heterocycles. The second-order valence-electron chi connectivity index (χ2n) is 0.191. The van der Waals surface area contributed by atoms with E-state index in [2.05, 4.69) is 0 Å². The third-order valence-electron chi connectivity index (χ3n) is 0. The first-order chi connectivity index (χ1) is 2.83. The van der Waals surface area contributed by atoms with Gasteiger partial charge in [0.2, 0.25) is 0 Å². The Morgan fingerprint density at radius 2 is 1.71 bits per heavy atom. The van der Waals surface area contributed by atoms with E-state index in [9.17, 15) is 0 Å². The van der Waals surface area contributed by atoms with Crippen molar-refractivity contribution < 1.29 is 32.3 Å². The van der Waals surface area contributed by atoms with Crippen molar-refractivity contribution in [1.29, 1.82) is 5.26 Å². The van der Waals surface area contributed by atoms with Crippen molar-refractivity contribution in [3.63, 3.8) is 0 Å². The minimum Gasteiger partial charge on any atom is -0.724 e. The molecule has 7 heavy (non-hydrogen) atoms. The van der Waals surface area contributed by atoms with E-state index < -0.39 is 0 Å². The summed E-state index contributed by atoms with van der Waals surface area (Å²) in [5, 5.41) is 20.5. The maximum Gasteiger partial charge on any atom is 1.00 e. The molecule has 0 atom stereocenters. The maximum atomic E-state index is 8.24. The monoisotopic (exact) mass is 282 g/mol. The average molecular weight is 282 g/mol. The number of carbonyl (C=O) groups excluding carboxylic acids is 1. The molecule has 5 heteroatoms. The number of nitriles is 1. The molecule has 0 rings (SSSR count). The number of rotatable bonds is 0. The van der Waals surface area contributed by atoms with Crippen LogP contribution in [0.5, 0.6) is 0 Å². The Balaban J connectivity index is -0.0000000400. The molecule has 0 saturated carbocycles. The van der Waals surface area contributed by atoms with Crippen LogP contribution in [0.2, 0.25) is 0 Å². The summed E-state index contributed by atoms with van der Waals surface area (Å²) < 4.78 is 0. The number of hydrogen-bond donors (Lipinski definition) is 1. The van der Waals surface area contributed by atoms with Crippen molar-refractivity contribution in [3.8, 4) is 6.26 Å². The first-order valence-corrected chi connectivity index (χ1v) is 0.875. The Hall–Kier alpha value is -0.590. The van der Waals surface area contributed by atoms with E-state index in [0.29, 0.717) is 6.08 Å².